The molecule has 0 aliphatic carbocycles. The molecule has 2 aromatic carbocycles. The van der Waals surface area contributed by atoms with Crippen molar-refractivity contribution < 1.29 is 14.2 Å². The third kappa shape index (κ3) is 7.53. The molecule has 3 rings (SSSR count). The summed E-state index contributed by atoms with van der Waals surface area (Å²) in [5, 5.41) is 3.23. The van der Waals surface area contributed by atoms with E-state index in [4.69, 9.17) is 19.9 Å². The van der Waals surface area contributed by atoms with Gasteiger partial charge in [0.15, 0.2) is 17.5 Å². The molecule has 0 spiro atoms. The van der Waals surface area contributed by atoms with Crippen LogP contribution in [0.3, 0.4) is 0 Å². The highest BCUT2D eigenvalue weighted by Gasteiger charge is 2.22. The second kappa shape index (κ2) is 13.5. The van der Waals surface area contributed by atoms with Gasteiger partial charge in [-0.1, -0.05) is 35.9 Å². The zero-order chi connectivity index (χ0) is 22.1. The van der Waals surface area contributed by atoms with Gasteiger partial charge >= 0.3 is 0 Å². The molecular formula is C24H35IN4O3. The minimum Gasteiger partial charge on any atom is -0.493 e. The first-order valence-electron chi connectivity index (χ1n) is 10.7. The number of rotatable bonds is 9. The van der Waals surface area contributed by atoms with E-state index < -0.39 is 0 Å². The number of morpholine rings is 1. The van der Waals surface area contributed by atoms with Crippen molar-refractivity contribution in [3.05, 3.63) is 59.2 Å². The number of methoxy groups -OCH3 is 2. The molecule has 0 amide bonds. The lowest BCUT2D eigenvalue weighted by atomic mass is 10.0. The van der Waals surface area contributed by atoms with E-state index in [2.05, 4.69) is 46.4 Å². The molecule has 2 aromatic rings. The smallest absolute Gasteiger partial charge is 0.188 e. The average molecular weight is 554 g/mol. The Morgan fingerprint density at radius 2 is 1.88 bits per heavy atom. The fourth-order valence-electron chi connectivity index (χ4n) is 3.81. The van der Waals surface area contributed by atoms with Crippen LogP contribution in [-0.4, -0.2) is 64.5 Å². The summed E-state index contributed by atoms with van der Waals surface area (Å²) in [4.78, 5) is 7.08. The Balaban J connectivity index is 0.00000363. The van der Waals surface area contributed by atoms with Crippen molar-refractivity contribution in [2.75, 3.05) is 53.6 Å². The number of hydrogen-bond donors (Lipinski definition) is 2. The Morgan fingerprint density at radius 3 is 2.56 bits per heavy atom. The molecule has 1 fully saturated rings. The molecule has 32 heavy (non-hydrogen) atoms. The molecule has 8 heteroatoms. The van der Waals surface area contributed by atoms with Crippen LogP contribution in [-0.2, 0) is 11.2 Å². The van der Waals surface area contributed by atoms with Crippen LogP contribution in [0, 0.1) is 6.92 Å². The molecular weight excluding hydrogens is 519 g/mol. The van der Waals surface area contributed by atoms with Gasteiger partial charge in [-0.15, -0.1) is 24.0 Å². The third-order valence-corrected chi connectivity index (χ3v) is 5.52. The van der Waals surface area contributed by atoms with Gasteiger partial charge in [-0.25, -0.2) is 0 Å². The van der Waals surface area contributed by atoms with Gasteiger partial charge in [0.2, 0.25) is 0 Å². The molecule has 0 bridgehead atoms. The monoisotopic (exact) mass is 554 g/mol. The standard InChI is InChI=1S/C24H34N4O3.HI/c1-18-5-4-6-20(15-18)21(28-11-13-31-14-12-28)17-27-24(25)26-10-9-19-7-8-22(29-2)23(16-19)30-3;/h4-8,15-16,21H,9-14,17H2,1-3H3,(H3,25,26,27);1H. The number of nitrogens with zero attached hydrogens (tertiary/aromatic N) is 2. The summed E-state index contributed by atoms with van der Waals surface area (Å²) >= 11 is 0. The fourth-order valence-corrected chi connectivity index (χ4v) is 3.81. The van der Waals surface area contributed by atoms with E-state index in [0.29, 0.717) is 19.0 Å². The van der Waals surface area contributed by atoms with E-state index in [-0.39, 0.29) is 30.0 Å². The Bertz CT molecular complexity index is 872. The van der Waals surface area contributed by atoms with Crippen LogP contribution in [0.25, 0.3) is 0 Å². The topological polar surface area (TPSA) is 81.3 Å². The van der Waals surface area contributed by atoms with Crippen LogP contribution in [0.4, 0.5) is 0 Å². The van der Waals surface area contributed by atoms with Crippen molar-refractivity contribution in [2.45, 2.75) is 19.4 Å². The molecule has 0 radical (unpaired) electrons. The van der Waals surface area contributed by atoms with Crippen molar-refractivity contribution in [1.82, 2.24) is 10.2 Å². The zero-order valence-corrected chi connectivity index (χ0v) is 21.5. The maximum atomic E-state index is 6.18. The van der Waals surface area contributed by atoms with Crippen molar-refractivity contribution in [2.24, 2.45) is 10.7 Å². The predicted molar refractivity (Wildman–Crippen MR) is 139 cm³/mol. The van der Waals surface area contributed by atoms with Gasteiger partial charge < -0.3 is 25.3 Å². The van der Waals surface area contributed by atoms with Crippen LogP contribution >= 0.6 is 24.0 Å². The maximum absolute atomic E-state index is 6.18. The Labute approximate surface area is 208 Å². The van der Waals surface area contributed by atoms with Crippen molar-refractivity contribution >= 4 is 29.9 Å². The molecule has 1 atom stereocenters. The molecule has 1 unspecified atom stereocenters. The van der Waals surface area contributed by atoms with E-state index in [1.165, 1.54) is 11.1 Å². The molecule has 1 heterocycles. The predicted octanol–water partition coefficient (Wildman–Crippen LogP) is 3.15. The molecule has 1 aliphatic heterocycles. The molecule has 1 aliphatic rings. The van der Waals surface area contributed by atoms with Crippen LogP contribution in [0.15, 0.2) is 47.5 Å². The average Bonchev–Trinajstić information content (AvgIpc) is 2.80. The summed E-state index contributed by atoms with van der Waals surface area (Å²) < 4.78 is 16.2. The number of hydrogen-bond acceptors (Lipinski definition) is 5. The van der Waals surface area contributed by atoms with E-state index in [0.717, 1.165) is 49.8 Å². The largest absolute Gasteiger partial charge is 0.493 e. The summed E-state index contributed by atoms with van der Waals surface area (Å²) in [5.74, 6) is 1.92. The molecule has 3 N–H and O–H groups in total. The van der Waals surface area contributed by atoms with E-state index in [9.17, 15) is 0 Å². The van der Waals surface area contributed by atoms with Gasteiger partial charge in [0, 0.05) is 19.6 Å². The summed E-state index contributed by atoms with van der Waals surface area (Å²) in [6.45, 7) is 6.74. The van der Waals surface area contributed by atoms with Gasteiger partial charge in [-0.3, -0.25) is 9.89 Å². The molecule has 0 saturated carbocycles. The summed E-state index contributed by atoms with van der Waals surface area (Å²) in [6, 6.07) is 14.7. The minimum atomic E-state index is 0. The second-order valence-electron chi connectivity index (χ2n) is 7.67. The van der Waals surface area contributed by atoms with Crippen LogP contribution in [0.2, 0.25) is 0 Å². The summed E-state index contributed by atoms with van der Waals surface area (Å²) in [7, 11) is 3.28. The Morgan fingerprint density at radius 1 is 1.12 bits per heavy atom. The van der Waals surface area contributed by atoms with E-state index in [1.54, 1.807) is 14.2 Å². The van der Waals surface area contributed by atoms with Crippen molar-refractivity contribution in [1.29, 1.82) is 0 Å². The number of nitrogens with two attached hydrogens (primary N) is 1. The normalized spacial score (nSPS) is 15.5. The van der Waals surface area contributed by atoms with Gasteiger partial charge in [0.05, 0.1) is 40.0 Å². The van der Waals surface area contributed by atoms with Crippen LogP contribution in [0.5, 0.6) is 11.5 Å². The van der Waals surface area contributed by atoms with E-state index >= 15 is 0 Å². The van der Waals surface area contributed by atoms with Gasteiger partial charge in [0.1, 0.15) is 0 Å². The zero-order valence-electron chi connectivity index (χ0n) is 19.2. The quantitative estimate of drug-likeness (QED) is 0.282. The molecule has 1 saturated heterocycles. The molecule has 176 valence electrons. The molecule has 7 nitrogen and oxygen atoms in total. The summed E-state index contributed by atoms with van der Waals surface area (Å²) in [6.07, 6.45) is 0.807. The number of guanidine groups is 1. The first-order valence-corrected chi connectivity index (χ1v) is 10.7. The Kier molecular flexibility index (Phi) is 11.1. The maximum Gasteiger partial charge on any atom is 0.188 e. The lowest BCUT2D eigenvalue weighted by Gasteiger charge is -2.34. The number of aryl methyl sites for hydroxylation is 1. The first-order chi connectivity index (χ1) is 15.1. The third-order valence-electron chi connectivity index (χ3n) is 5.52. The van der Waals surface area contributed by atoms with E-state index in [1.807, 2.05) is 18.2 Å². The number of nitrogens with one attached hydrogen (secondary N) is 1. The van der Waals surface area contributed by atoms with Crippen LogP contribution in [0.1, 0.15) is 22.7 Å². The SMILES string of the molecule is COc1ccc(CCNC(N)=NCC(c2cccc(C)c2)N2CCOCC2)cc1OC.I. The first kappa shape index (κ1) is 26.2. The van der Waals surface area contributed by atoms with Gasteiger partial charge in [0.25, 0.3) is 0 Å². The highest BCUT2D eigenvalue weighted by molar-refractivity contribution is 14.0. The van der Waals surface area contributed by atoms with Gasteiger partial charge in [-0.05, 0) is 36.6 Å². The number of aliphatic imine (C=N–C) groups is 1. The number of benzene rings is 2. The van der Waals surface area contributed by atoms with Crippen molar-refractivity contribution in [3.8, 4) is 11.5 Å². The lowest BCUT2D eigenvalue weighted by molar-refractivity contribution is 0.0180. The highest BCUT2D eigenvalue weighted by Crippen LogP contribution is 2.27. The number of halogens is 1. The number of ether oxygens (including phenoxy) is 3. The summed E-state index contributed by atoms with van der Waals surface area (Å²) in [5.41, 5.74) is 9.84. The lowest BCUT2D eigenvalue weighted by Crippen LogP contribution is -2.41. The second-order valence-corrected chi connectivity index (χ2v) is 7.67. The van der Waals surface area contributed by atoms with Gasteiger partial charge in [-0.2, -0.15) is 0 Å². The Hall–Kier alpha value is -2.04. The van der Waals surface area contributed by atoms with Crippen LogP contribution < -0.4 is 20.5 Å². The highest BCUT2D eigenvalue weighted by atomic mass is 127. The minimum absolute atomic E-state index is 0. The van der Waals surface area contributed by atoms with Crippen molar-refractivity contribution in [3.63, 3.8) is 0 Å². The fraction of sp³-hybridized carbons (Fsp3) is 0.458. The molecule has 0 aromatic heterocycles.